The van der Waals surface area contributed by atoms with Crippen molar-refractivity contribution in [1.82, 2.24) is 10.2 Å². The zero-order chi connectivity index (χ0) is 14.6. The summed E-state index contributed by atoms with van der Waals surface area (Å²) >= 11 is 0. The Morgan fingerprint density at radius 1 is 1.20 bits per heavy atom. The number of esters is 1. The van der Waals surface area contributed by atoms with E-state index in [0.717, 1.165) is 32.7 Å². The third-order valence-corrected chi connectivity index (χ3v) is 3.20. The predicted octanol–water partition coefficient (Wildman–Crippen LogP) is 2.05. The van der Waals surface area contributed by atoms with E-state index in [4.69, 9.17) is 4.74 Å². The molecule has 1 N–H and O–H groups in total. The number of hydrogen-bond donors (Lipinski definition) is 1. The van der Waals surface area contributed by atoms with E-state index >= 15 is 0 Å². The summed E-state index contributed by atoms with van der Waals surface area (Å²) in [6, 6.07) is 7.74. The molecule has 20 heavy (non-hydrogen) atoms. The Kier molecular flexibility index (Phi) is 4.78. The fourth-order valence-corrected chi connectivity index (χ4v) is 2.21. The van der Waals surface area contributed by atoms with Crippen molar-refractivity contribution in [3.63, 3.8) is 0 Å². The van der Waals surface area contributed by atoms with Crippen LogP contribution in [0.3, 0.4) is 0 Å². The highest BCUT2D eigenvalue weighted by Gasteiger charge is 2.17. The summed E-state index contributed by atoms with van der Waals surface area (Å²) < 4.78 is 5.36. The first kappa shape index (κ1) is 15.0. The monoisotopic (exact) mass is 276 g/mol. The molecule has 0 bridgehead atoms. The molecule has 2 rings (SSSR count). The van der Waals surface area contributed by atoms with Crippen LogP contribution in [-0.2, 0) is 11.3 Å². The molecule has 1 fully saturated rings. The summed E-state index contributed by atoms with van der Waals surface area (Å²) in [6.07, 6.45) is 0. The van der Waals surface area contributed by atoms with Crippen LogP contribution in [0.15, 0.2) is 24.3 Å². The van der Waals surface area contributed by atoms with Crippen LogP contribution in [-0.4, -0.2) is 42.6 Å². The van der Waals surface area contributed by atoms with E-state index in [-0.39, 0.29) is 5.97 Å². The SMILES string of the molecule is CC(C)(C)OC(=O)c1ccc(CN2CCNCC2)cc1. The topological polar surface area (TPSA) is 41.6 Å². The maximum absolute atomic E-state index is 11.9. The molecule has 0 radical (unpaired) electrons. The van der Waals surface area contributed by atoms with E-state index in [2.05, 4.69) is 10.2 Å². The van der Waals surface area contributed by atoms with Crippen LogP contribution in [0.2, 0.25) is 0 Å². The lowest BCUT2D eigenvalue weighted by Gasteiger charge is -2.27. The summed E-state index contributed by atoms with van der Waals surface area (Å²) in [5, 5.41) is 3.34. The van der Waals surface area contributed by atoms with Crippen LogP contribution in [0.5, 0.6) is 0 Å². The number of ether oxygens (including phenoxy) is 1. The minimum Gasteiger partial charge on any atom is -0.456 e. The van der Waals surface area contributed by atoms with E-state index in [1.54, 1.807) is 0 Å². The summed E-state index contributed by atoms with van der Waals surface area (Å²) in [5.74, 6) is -0.258. The van der Waals surface area contributed by atoms with Gasteiger partial charge in [0.15, 0.2) is 0 Å². The molecule has 4 heteroatoms. The van der Waals surface area contributed by atoms with Crippen molar-refractivity contribution in [2.75, 3.05) is 26.2 Å². The molecule has 0 aliphatic carbocycles. The van der Waals surface area contributed by atoms with Crippen LogP contribution < -0.4 is 5.32 Å². The Hall–Kier alpha value is -1.39. The van der Waals surface area contributed by atoms with Crippen molar-refractivity contribution in [2.24, 2.45) is 0 Å². The van der Waals surface area contributed by atoms with Gasteiger partial charge in [-0.05, 0) is 38.5 Å². The molecule has 1 saturated heterocycles. The Bertz CT molecular complexity index is 443. The highest BCUT2D eigenvalue weighted by molar-refractivity contribution is 5.89. The molecule has 0 unspecified atom stereocenters. The van der Waals surface area contributed by atoms with Gasteiger partial charge in [-0.15, -0.1) is 0 Å². The second kappa shape index (κ2) is 6.37. The fourth-order valence-electron chi connectivity index (χ4n) is 2.21. The molecule has 0 atom stereocenters. The Labute approximate surface area is 121 Å². The first-order chi connectivity index (χ1) is 9.44. The molecule has 1 heterocycles. The molecule has 1 aromatic carbocycles. The average Bonchev–Trinajstić information content (AvgIpc) is 2.39. The Morgan fingerprint density at radius 2 is 1.80 bits per heavy atom. The van der Waals surface area contributed by atoms with Gasteiger partial charge in [0, 0.05) is 32.7 Å². The maximum atomic E-state index is 11.9. The highest BCUT2D eigenvalue weighted by Crippen LogP contribution is 2.13. The number of benzene rings is 1. The molecule has 1 aliphatic heterocycles. The van der Waals surface area contributed by atoms with Crippen molar-refractivity contribution in [1.29, 1.82) is 0 Å². The normalized spacial score (nSPS) is 16.9. The van der Waals surface area contributed by atoms with Gasteiger partial charge in [0.05, 0.1) is 5.56 Å². The van der Waals surface area contributed by atoms with Crippen molar-refractivity contribution in [3.8, 4) is 0 Å². The van der Waals surface area contributed by atoms with Crippen LogP contribution in [0.1, 0.15) is 36.7 Å². The van der Waals surface area contributed by atoms with Gasteiger partial charge >= 0.3 is 5.97 Å². The summed E-state index contributed by atoms with van der Waals surface area (Å²) in [5.41, 5.74) is 1.40. The molecular formula is C16H24N2O2. The fraction of sp³-hybridized carbons (Fsp3) is 0.562. The lowest BCUT2D eigenvalue weighted by molar-refractivity contribution is 0.00695. The summed E-state index contributed by atoms with van der Waals surface area (Å²) in [4.78, 5) is 14.3. The number of piperazine rings is 1. The third kappa shape index (κ3) is 4.62. The van der Waals surface area contributed by atoms with E-state index in [0.29, 0.717) is 5.56 Å². The van der Waals surface area contributed by atoms with Crippen molar-refractivity contribution in [3.05, 3.63) is 35.4 Å². The zero-order valence-electron chi connectivity index (χ0n) is 12.6. The molecule has 4 nitrogen and oxygen atoms in total. The molecule has 0 aromatic heterocycles. The Balaban J connectivity index is 1.93. The first-order valence-electron chi connectivity index (χ1n) is 7.19. The lowest BCUT2D eigenvalue weighted by atomic mass is 10.1. The average molecular weight is 276 g/mol. The highest BCUT2D eigenvalue weighted by atomic mass is 16.6. The van der Waals surface area contributed by atoms with Crippen molar-refractivity contribution >= 4 is 5.97 Å². The van der Waals surface area contributed by atoms with E-state index in [9.17, 15) is 4.79 Å². The van der Waals surface area contributed by atoms with Crippen LogP contribution in [0.25, 0.3) is 0 Å². The molecule has 1 aliphatic rings. The third-order valence-electron chi connectivity index (χ3n) is 3.20. The zero-order valence-corrected chi connectivity index (χ0v) is 12.6. The van der Waals surface area contributed by atoms with E-state index in [1.165, 1.54) is 5.56 Å². The molecule has 0 amide bonds. The van der Waals surface area contributed by atoms with Crippen LogP contribution in [0, 0.1) is 0 Å². The number of rotatable bonds is 3. The Morgan fingerprint density at radius 3 is 2.35 bits per heavy atom. The minimum atomic E-state index is -0.448. The van der Waals surface area contributed by atoms with Crippen LogP contribution >= 0.6 is 0 Å². The quantitative estimate of drug-likeness (QED) is 0.858. The molecule has 0 spiro atoms. The standard InChI is InChI=1S/C16H24N2O2/c1-16(2,3)20-15(19)14-6-4-13(5-7-14)12-18-10-8-17-9-11-18/h4-7,17H,8-12H2,1-3H3. The minimum absolute atomic E-state index is 0.258. The molecular weight excluding hydrogens is 252 g/mol. The molecule has 0 saturated carbocycles. The van der Waals surface area contributed by atoms with Gasteiger partial charge < -0.3 is 10.1 Å². The first-order valence-corrected chi connectivity index (χ1v) is 7.19. The summed E-state index contributed by atoms with van der Waals surface area (Å²) in [7, 11) is 0. The smallest absolute Gasteiger partial charge is 0.338 e. The lowest BCUT2D eigenvalue weighted by Crippen LogP contribution is -2.42. The van der Waals surface area contributed by atoms with Gasteiger partial charge in [-0.2, -0.15) is 0 Å². The second-order valence-electron chi connectivity index (χ2n) is 6.22. The van der Waals surface area contributed by atoms with Crippen LogP contribution in [0.4, 0.5) is 0 Å². The molecule has 1 aromatic rings. The second-order valence-corrected chi connectivity index (χ2v) is 6.22. The van der Waals surface area contributed by atoms with Gasteiger partial charge in [-0.3, -0.25) is 4.90 Å². The van der Waals surface area contributed by atoms with E-state index < -0.39 is 5.60 Å². The molecule has 110 valence electrons. The number of carbonyl (C=O) groups is 1. The summed E-state index contributed by atoms with van der Waals surface area (Å²) in [6.45, 7) is 10.8. The van der Waals surface area contributed by atoms with E-state index in [1.807, 2.05) is 45.0 Å². The van der Waals surface area contributed by atoms with Gasteiger partial charge in [0.1, 0.15) is 5.60 Å². The van der Waals surface area contributed by atoms with Gasteiger partial charge in [0.2, 0.25) is 0 Å². The van der Waals surface area contributed by atoms with Gasteiger partial charge in [0.25, 0.3) is 0 Å². The van der Waals surface area contributed by atoms with Gasteiger partial charge in [-0.1, -0.05) is 12.1 Å². The number of nitrogens with zero attached hydrogens (tertiary/aromatic N) is 1. The number of nitrogens with one attached hydrogen (secondary N) is 1. The van der Waals surface area contributed by atoms with Crippen molar-refractivity contribution in [2.45, 2.75) is 32.9 Å². The van der Waals surface area contributed by atoms with Gasteiger partial charge in [-0.25, -0.2) is 4.79 Å². The number of carbonyl (C=O) groups excluding carboxylic acids is 1. The largest absolute Gasteiger partial charge is 0.456 e. The maximum Gasteiger partial charge on any atom is 0.338 e. The number of hydrogen-bond acceptors (Lipinski definition) is 4. The predicted molar refractivity (Wildman–Crippen MR) is 79.8 cm³/mol. The van der Waals surface area contributed by atoms with Crippen molar-refractivity contribution < 1.29 is 9.53 Å².